The molecule has 2 N–H and O–H groups in total. The van der Waals surface area contributed by atoms with Crippen LogP contribution in [0.5, 0.6) is 0 Å². The lowest BCUT2D eigenvalue weighted by atomic mass is 10.1. The van der Waals surface area contributed by atoms with Crippen molar-refractivity contribution in [2.24, 2.45) is 5.92 Å². The lowest BCUT2D eigenvalue weighted by Gasteiger charge is -2.08. The lowest BCUT2D eigenvalue weighted by molar-refractivity contribution is 0.0696. The van der Waals surface area contributed by atoms with Crippen LogP contribution in [0.4, 0.5) is 5.69 Å². The maximum atomic E-state index is 11.2. The summed E-state index contributed by atoms with van der Waals surface area (Å²) >= 11 is 0. The highest BCUT2D eigenvalue weighted by Gasteiger charge is 2.10. The van der Waals surface area contributed by atoms with E-state index in [1.807, 2.05) is 29.9 Å². The van der Waals surface area contributed by atoms with Gasteiger partial charge in [0.05, 0.1) is 16.9 Å². The van der Waals surface area contributed by atoms with E-state index in [9.17, 15) is 9.90 Å². The second-order valence-electron chi connectivity index (χ2n) is 5.56. The molecule has 0 radical (unpaired) electrons. The number of carboxylic acid groups (broad SMARTS) is 1. The summed E-state index contributed by atoms with van der Waals surface area (Å²) < 4.78 is 1.92. The Balaban J connectivity index is 0.00000242. The van der Waals surface area contributed by atoms with Gasteiger partial charge in [0.1, 0.15) is 0 Å². The van der Waals surface area contributed by atoms with E-state index in [0.29, 0.717) is 18.0 Å². The molecule has 1 aromatic heterocycles. The highest BCUT2D eigenvalue weighted by molar-refractivity contribution is 5.89. The molecule has 1 heterocycles. The zero-order valence-electron chi connectivity index (χ0n) is 13.0. The minimum absolute atomic E-state index is 0. The van der Waals surface area contributed by atoms with Gasteiger partial charge in [-0.25, -0.2) is 4.79 Å². The number of hydrogen-bond acceptors (Lipinski definition) is 3. The van der Waals surface area contributed by atoms with Crippen molar-refractivity contribution in [2.75, 3.05) is 5.32 Å². The van der Waals surface area contributed by atoms with Gasteiger partial charge in [0, 0.05) is 19.3 Å². The molecule has 0 aliphatic heterocycles. The number of carboxylic acids is 1. The molecule has 0 aliphatic rings. The Hall–Kier alpha value is -2.01. The second-order valence-corrected chi connectivity index (χ2v) is 5.56. The molecule has 1 aromatic carbocycles. The summed E-state index contributed by atoms with van der Waals surface area (Å²) in [5, 5.41) is 16.9. The first-order valence-corrected chi connectivity index (χ1v) is 7.06. The Bertz CT molecular complexity index is 638. The maximum absolute atomic E-state index is 11.2. The third-order valence-electron chi connectivity index (χ3n) is 3.22. The summed E-state index contributed by atoms with van der Waals surface area (Å²) in [6, 6.07) is 7.02. The lowest BCUT2D eigenvalue weighted by Crippen LogP contribution is -2.07. The van der Waals surface area contributed by atoms with Crippen LogP contribution in [0.3, 0.4) is 0 Å². The van der Waals surface area contributed by atoms with Gasteiger partial charge in [-0.3, -0.25) is 4.68 Å². The molecule has 0 saturated heterocycles. The number of carbonyl (C=O) groups is 1. The summed E-state index contributed by atoms with van der Waals surface area (Å²) in [5.41, 5.74) is 2.96. The SMILES string of the molecule is Cc1nn(CC(C)C)cc1NCc1ccccc1C(=O)O.Cl. The number of aromatic nitrogens is 2. The molecule has 0 unspecified atom stereocenters. The number of nitrogens with zero attached hydrogens (tertiary/aromatic N) is 2. The van der Waals surface area contributed by atoms with Crippen LogP contribution in [0.2, 0.25) is 0 Å². The van der Waals surface area contributed by atoms with Crippen LogP contribution in [0.1, 0.15) is 35.5 Å². The Labute approximate surface area is 136 Å². The molecule has 0 saturated carbocycles. The Kier molecular flexibility index (Phi) is 6.43. The van der Waals surface area contributed by atoms with Crippen molar-refractivity contribution in [1.29, 1.82) is 0 Å². The molecule has 5 nitrogen and oxygen atoms in total. The summed E-state index contributed by atoms with van der Waals surface area (Å²) in [5.74, 6) is -0.371. The van der Waals surface area contributed by atoms with E-state index in [4.69, 9.17) is 0 Å². The fourth-order valence-corrected chi connectivity index (χ4v) is 2.23. The molecule has 0 amide bonds. The van der Waals surface area contributed by atoms with Gasteiger partial charge in [-0.05, 0) is 24.5 Å². The summed E-state index contributed by atoms with van der Waals surface area (Å²) in [6.45, 7) is 7.58. The maximum Gasteiger partial charge on any atom is 0.336 e. The van der Waals surface area contributed by atoms with Gasteiger partial charge in [0.2, 0.25) is 0 Å². The second kappa shape index (κ2) is 7.84. The fourth-order valence-electron chi connectivity index (χ4n) is 2.23. The molecule has 0 spiro atoms. The first-order chi connectivity index (χ1) is 9.97. The van der Waals surface area contributed by atoms with Crippen LogP contribution in [0, 0.1) is 12.8 Å². The van der Waals surface area contributed by atoms with Crippen LogP contribution in [0.25, 0.3) is 0 Å². The van der Waals surface area contributed by atoms with Gasteiger partial charge >= 0.3 is 5.97 Å². The predicted octanol–water partition coefficient (Wildman–Crippen LogP) is 3.58. The molecule has 6 heteroatoms. The van der Waals surface area contributed by atoms with Crippen LogP contribution in [0.15, 0.2) is 30.5 Å². The zero-order valence-corrected chi connectivity index (χ0v) is 13.9. The smallest absolute Gasteiger partial charge is 0.336 e. The molecule has 0 aliphatic carbocycles. The Morgan fingerprint density at radius 2 is 2.05 bits per heavy atom. The third-order valence-corrected chi connectivity index (χ3v) is 3.22. The molecule has 0 atom stereocenters. The van der Waals surface area contributed by atoms with Gasteiger partial charge in [-0.15, -0.1) is 12.4 Å². The number of aromatic carboxylic acids is 1. The van der Waals surface area contributed by atoms with Crippen molar-refractivity contribution in [3.63, 3.8) is 0 Å². The highest BCUT2D eigenvalue weighted by atomic mass is 35.5. The first-order valence-electron chi connectivity index (χ1n) is 7.06. The number of nitrogens with one attached hydrogen (secondary N) is 1. The van der Waals surface area contributed by atoms with E-state index in [1.165, 1.54) is 0 Å². The van der Waals surface area contributed by atoms with Gasteiger partial charge in [0.15, 0.2) is 0 Å². The van der Waals surface area contributed by atoms with Gasteiger partial charge < -0.3 is 10.4 Å². The number of halogens is 1. The largest absolute Gasteiger partial charge is 0.478 e. The van der Waals surface area contributed by atoms with E-state index >= 15 is 0 Å². The monoisotopic (exact) mass is 323 g/mol. The number of aryl methyl sites for hydroxylation is 1. The summed E-state index contributed by atoms with van der Waals surface area (Å²) in [6.07, 6.45) is 1.97. The zero-order chi connectivity index (χ0) is 15.4. The molecular formula is C16H22ClN3O2. The molecule has 22 heavy (non-hydrogen) atoms. The molecular weight excluding hydrogens is 302 g/mol. The topological polar surface area (TPSA) is 67.2 Å². The fraction of sp³-hybridized carbons (Fsp3) is 0.375. The van der Waals surface area contributed by atoms with Crippen LogP contribution in [-0.4, -0.2) is 20.9 Å². The molecule has 120 valence electrons. The average Bonchev–Trinajstić information content (AvgIpc) is 2.75. The number of anilines is 1. The quantitative estimate of drug-likeness (QED) is 0.852. The van der Waals surface area contributed by atoms with Crippen molar-refractivity contribution in [3.8, 4) is 0 Å². The standard InChI is InChI=1S/C16H21N3O2.ClH/c1-11(2)9-19-10-15(12(3)18-19)17-8-13-6-4-5-7-14(13)16(20)21;/h4-7,10-11,17H,8-9H2,1-3H3,(H,20,21);1H. The number of benzene rings is 1. The Morgan fingerprint density at radius 3 is 2.68 bits per heavy atom. The number of hydrogen-bond donors (Lipinski definition) is 2. The van der Waals surface area contributed by atoms with Crippen molar-refractivity contribution >= 4 is 24.1 Å². The minimum Gasteiger partial charge on any atom is -0.478 e. The van der Waals surface area contributed by atoms with Crippen molar-refractivity contribution in [1.82, 2.24) is 9.78 Å². The van der Waals surface area contributed by atoms with E-state index in [2.05, 4.69) is 24.3 Å². The predicted molar refractivity (Wildman–Crippen MR) is 89.8 cm³/mol. The minimum atomic E-state index is -0.903. The van der Waals surface area contributed by atoms with Crippen molar-refractivity contribution < 1.29 is 9.90 Å². The van der Waals surface area contributed by atoms with Gasteiger partial charge in [0.25, 0.3) is 0 Å². The van der Waals surface area contributed by atoms with Crippen LogP contribution >= 0.6 is 12.4 Å². The molecule has 0 bridgehead atoms. The third kappa shape index (κ3) is 4.49. The molecule has 0 fully saturated rings. The summed E-state index contributed by atoms with van der Waals surface area (Å²) in [7, 11) is 0. The average molecular weight is 324 g/mol. The first kappa shape index (κ1) is 18.0. The Morgan fingerprint density at radius 1 is 1.36 bits per heavy atom. The highest BCUT2D eigenvalue weighted by Crippen LogP contribution is 2.16. The molecule has 2 aromatic rings. The normalized spacial score (nSPS) is 10.4. The van der Waals surface area contributed by atoms with E-state index in [1.54, 1.807) is 12.1 Å². The molecule has 2 rings (SSSR count). The number of rotatable bonds is 6. The van der Waals surface area contributed by atoms with E-state index in [-0.39, 0.29) is 12.4 Å². The van der Waals surface area contributed by atoms with E-state index < -0.39 is 5.97 Å². The van der Waals surface area contributed by atoms with Crippen molar-refractivity contribution in [2.45, 2.75) is 33.9 Å². The van der Waals surface area contributed by atoms with E-state index in [0.717, 1.165) is 23.5 Å². The van der Waals surface area contributed by atoms with Crippen LogP contribution in [-0.2, 0) is 13.1 Å². The van der Waals surface area contributed by atoms with Gasteiger partial charge in [-0.2, -0.15) is 5.10 Å². The summed E-state index contributed by atoms with van der Waals surface area (Å²) in [4.78, 5) is 11.2. The van der Waals surface area contributed by atoms with Gasteiger partial charge in [-0.1, -0.05) is 32.0 Å². The van der Waals surface area contributed by atoms with Crippen molar-refractivity contribution in [3.05, 3.63) is 47.3 Å². The van der Waals surface area contributed by atoms with Crippen LogP contribution < -0.4 is 5.32 Å².